The number of carbonyl (C=O) groups is 2. The highest BCUT2D eigenvalue weighted by Crippen LogP contribution is 2.26. The van der Waals surface area contributed by atoms with Crippen molar-refractivity contribution in [2.24, 2.45) is 0 Å². The van der Waals surface area contributed by atoms with E-state index in [1.165, 1.54) is 0 Å². The number of aryl methyl sites for hydroxylation is 1. The Labute approximate surface area is 168 Å². The summed E-state index contributed by atoms with van der Waals surface area (Å²) in [6, 6.07) is 11.4. The maximum Gasteiger partial charge on any atom is 0.225 e. The Morgan fingerprint density at radius 1 is 1.25 bits per heavy atom. The zero-order chi connectivity index (χ0) is 19.5. The molecule has 0 saturated carbocycles. The van der Waals surface area contributed by atoms with E-state index in [0.29, 0.717) is 51.3 Å². The first-order chi connectivity index (χ1) is 13.6. The quantitative estimate of drug-likeness (QED) is 0.765. The maximum atomic E-state index is 12.7. The number of hydrogen-bond donors (Lipinski definition) is 0. The van der Waals surface area contributed by atoms with Crippen LogP contribution in [0.1, 0.15) is 24.2 Å². The van der Waals surface area contributed by atoms with Crippen LogP contribution >= 0.6 is 11.6 Å². The van der Waals surface area contributed by atoms with E-state index in [2.05, 4.69) is 5.16 Å². The molecule has 0 spiro atoms. The molecule has 28 heavy (non-hydrogen) atoms. The number of aromatic nitrogens is 1. The van der Waals surface area contributed by atoms with Crippen LogP contribution in [0.5, 0.6) is 0 Å². The Morgan fingerprint density at radius 2 is 2.07 bits per heavy atom. The van der Waals surface area contributed by atoms with E-state index in [0.717, 1.165) is 5.56 Å². The number of hydrogen-bond acceptors (Lipinski definition) is 5. The molecule has 2 saturated heterocycles. The van der Waals surface area contributed by atoms with Crippen LogP contribution in [0.15, 0.2) is 40.9 Å². The van der Waals surface area contributed by atoms with Crippen molar-refractivity contribution in [3.8, 4) is 0 Å². The van der Waals surface area contributed by atoms with Gasteiger partial charge in [0.1, 0.15) is 5.76 Å². The molecule has 2 aliphatic heterocycles. The third kappa shape index (κ3) is 4.20. The summed E-state index contributed by atoms with van der Waals surface area (Å²) in [4.78, 5) is 29.0. The Kier molecular flexibility index (Phi) is 5.64. The summed E-state index contributed by atoms with van der Waals surface area (Å²) in [7, 11) is 0. The number of halogens is 1. The third-order valence-electron chi connectivity index (χ3n) is 5.27. The number of ether oxygens (including phenoxy) is 1. The molecule has 2 aromatic rings. The molecule has 1 aromatic heterocycles. The molecule has 0 bridgehead atoms. The van der Waals surface area contributed by atoms with Crippen molar-refractivity contribution >= 4 is 23.4 Å². The monoisotopic (exact) mass is 403 g/mol. The Hall–Kier alpha value is -2.38. The van der Waals surface area contributed by atoms with E-state index >= 15 is 0 Å². The molecule has 148 valence electrons. The van der Waals surface area contributed by atoms with Gasteiger partial charge in [0.25, 0.3) is 0 Å². The molecule has 2 fully saturated rings. The van der Waals surface area contributed by atoms with Crippen molar-refractivity contribution in [2.75, 3.05) is 19.7 Å². The minimum atomic E-state index is -0.154. The highest BCUT2D eigenvalue weighted by atomic mass is 35.5. The van der Waals surface area contributed by atoms with Crippen LogP contribution in [-0.4, -0.2) is 58.6 Å². The first-order valence-corrected chi connectivity index (χ1v) is 9.82. The molecule has 0 aliphatic carbocycles. The SMILES string of the molecule is O=C(CCc1cc(Cl)no1)N1C[C@@H]2OCCC(=O)N(Cc3ccccc3)[C@H]2C1. The molecule has 2 amide bonds. The lowest BCUT2D eigenvalue weighted by molar-refractivity contribution is -0.135. The van der Waals surface area contributed by atoms with E-state index in [-0.39, 0.29) is 29.1 Å². The van der Waals surface area contributed by atoms with Crippen LogP contribution in [0.4, 0.5) is 0 Å². The van der Waals surface area contributed by atoms with Gasteiger partial charge in [0.2, 0.25) is 11.8 Å². The molecule has 2 atom stereocenters. The first-order valence-electron chi connectivity index (χ1n) is 9.44. The summed E-state index contributed by atoms with van der Waals surface area (Å²) in [5.74, 6) is 0.669. The number of rotatable bonds is 5. The molecule has 4 rings (SSSR count). The molecule has 8 heteroatoms. The van der Waals surface area contributed by atoms with Gasteiger partial charge < -0.3 is 19.1 Å². The highest BCUT2D eigenvalue weighted by Gasteiger charge is 2.42. The molecule has 0 unspecified atom stereocenters. The van der Waals surface area contributed by atoms with Crippen LogP contribution in [-0.2, 0) is 27.3 Å². The van der Waals surface area contributed by atoms with E-state index < -0.39 is 0 Å². The van der Waals surface area contributed by atoms with Gasteiger partial charge in [0.05, 0.1) is 25.2 Å². The van der Waals surface area contributed by atoms with Gasteiger partial charge in [-0.05, 0) is 5.56 Å². The number of benzene rings is 1. The minimum absolute atomic E-state index is 0.0105. The average molecular weight is 404 g/mol. The normalized spacial score (nSPS) is 22.2. The van der Waals surface area contributed by atoms with Gasteiger partial charge in [0, 0.05) is 38.5 Å². The molecule has 2 aliphatic rings. The zero-order valence-electron chi connectivity index (χ0n) is 15.4. The van der Waals surface area contributed by atoms with Crippen molar-refractivity contribution in [1.29, 1.82) is 0 Å². The molecule has 0 radical (unpaired) electrons. The fourth-order valence-electron chi connectivity index (χ4n) is 3.83. The predicted octanol–water partition coefficient (Wildman–Crippen LogP) is 2.29. The van der Waals surface area contributed by atoms with E-state index in [1.807, 2.05) is 35.2 Å². The Morgan fingerprint density at radius 3 is 2.82 bits per heavy atom. The van der Waals surface area contributed by atoms with Crippen molar-refractivity contribution in [2.45, 2.75) is 38.0 Å². The fraction of sp³-hybridized carbons (Fsp3) is 0.450. The van der Waals surface area contributed by atoms with E-state index in [4.69, 9.17) is 20.9 Å². The van der Waals surface area contributed by atoms with Gasteiger partial charge >= 0.3 is 0 Å². The van der Waals surface area contributed by atoms with Gasteiger partial charge in [-0.15, -0.1) is 0 Å². The molecule has 1 aromatic carbocycles. The lowest BCUT2D eigenvalue weighted by Gasteiger charge is -2.29. The maximum absolute atomic E-state index is 12.7. The smallest absolute Gasteiger partial charge is 0.225 e. The molecular weight excluding hydrogens is 382 g/mol. The van der Waals surface area contributed by atoms with Crippen molar-refractivity contribution in [3.05, 3.63) is 52.9 Å². The summed E-state index contributed by atoms with van der Waals surface area (Å²) in [5, 5.41) is 3.91. The second-order valence-electron chi connectivity index (χ2n) is 7.15. The van der Waals surface area contributed by atoms with Crippen LogP contribution < -0.4 is 0 Å². The van der Waals surface area contributed by atoms with E-state index in [9.17, 15) is 9.59 Å². The standard InChI is InChI=1S/C20H22ClN3O4/c21-18-10-15(28-22-18)6-7-19(25)23-12-16-17(13-23)27-9-8-20(26)24(16)11-14-4-2-1-3-5-14/h1-5,10,16-17H,6-9,11-13H2/t16-,17-/m0/s1. The third-order valence-corrected chi connectivity index (χ3v) is 5.45. The summed E-state index contributed by atoms with van der Waals surface area (Å²) >= 11 is 5.74. The summed E-state index contributed by atoms with van der Waals surface area (Å²) in [6.07, 6.45) is 0.967. The number of fused-ring (bicyclic) bond motifs is 1. The van der Waals surface area contributed by atoms with E-state index in [1.54, 1.807) is 11.0 Å². The lowest BCUT2D eigenvalue weighted by atomic mass is 10.1. The number of likely N-dealkylation sites (tertiary alicyclic amines) is 1. The Balaban J connectivity index is 1.42. The van der Waals surface area contributed by atoms with Gasteiger partial charge in [0.15, 0.2) is 5.15 Å². The second-order valence-corrected chi connectivity index (χ2v) is 7.54. The van der Waals surface area contributed by atoms with Gasteiger partial charge in [-0.3, -0.25) is 9.59 Å². The lowest BCUT2D eigenvalue weighted by Crippen LogP contribution is -2.45. The number of carbonyl (C=O) groups excluding carboxylic acids is 2. The van der Waals surface area contributed by atoms with Gasteiger partial charge in [-0.1, -0.05) is 47.1 Å². The Bertz CT molecular complexity index is 841. The summed E-state index contributed by atoms with van der Waals surface area (Å²) in [6.45, 7) is 1.91. The topological polar surface area (TPSA) is 75.9 Å². The number of nitrogens with zero attached hydrogens (tertiary/aromatic N) is 3. The van der Waals surface area contributed by atoms with Crippen LogP contribution in [0.3, 0.4) is 0 Å². The van der Waals surface area contributed by atoms with Crippen LogP contribution in [0.25, 0.3) is 0 Å². The minimum Gasteiger partial charge on any atom is -0.374 e. The fourth-order valence-corrected chi connectivity index (χ4v) is 3.99. The van der Waals surface area contributed by atoms with Gasteiger partial charge in [-0.2, -0.15) is 0 Å². The number of amides is 2. The molecule has 0 N–H and O–H groups in total. The first kappa shape index (κ1) is 19.0. The highest BCUT2D eigenvalue weighted by molar-refractivity contribution is 6.29. The summed E-state index contributed by atoms with van der Waals surface area (Å²) < 4.78 is 11.0. The van der Waals surface area contributed by atoms with Crippen molar-refractivity contribution < 1.29 is 18.8 Å². The summed E-state index contributed by atoms with van der Waals surface area (Å²) in [5.41, 5.74) is 1.07. The van der Waals surface area contributed by atoms with Gasteiger partial charge in [-0.25, -0.2) is 0 Å². The van der Waals surface area contributed by atoms with Crippen LogP contribution in [0.2, 0.25) is 5.15 Å². The zero-order valence-corrected chi connectivity index (χ0v) is 16.2. The average Bonchev–Trinajstić information content (AvgIpc) is 3.28. The molecule has 7 nitrogen and oxygen atoms in total. The van der Waals surface area contributed by atoms with Crippen LogP contribution in [0, 0.1) is 0 Å². The second kappa shape index (κ2) is 8.32. The van der Waals surface area contributed by atoms with Crippen molar-refractivity contribution in [3.63, 3.8) is 0 Å². The van der Waals surface area contributed by atoms with Crippen molar-refractivity contribution in [1.82, 2.24) is 15.0 Å². The molecular formula is C20H22ClN3O4. The predicted molar refractivity (Wildman–Crippen MR) is 102 cm³/mol. The molecule has 3 heterocycles. The largest absolute Gasteiger partial charge is 0.374 e.